The summed E-state index contributed by atoms with van der Waals surface area (Å²) in [4.78, 5) is 0. The standard InChI is InChI=1S/C7H13BO4/c8-7(12-4-2-9)6-5(10)1-3-11-6/h5-7,9-10H,1-4H2/t5-,6-,7-/m1/s1. The second-order valence-corrected chi connectivity index (χ2v) is 2.75. The Labute approximate surface area is 72.9 Å². The van der Waals surface area contributed by atoms with E-state index in [1.165, 1.54) is 0 Å². The Morgan fingerprint density at radius 2 is 2.42 bits per heavy atom. The van der Waals surface area contributed by atoms with Gasteiger partial charge in [0.05, 0.1) is 19.3 Å². The van der Waals surface area contributed by atoms with Crippen molar-refractivity contribution in [3.63, 3.8) is 0 Å². The molecule has 0 aromatic heterocycles. The highest BCUT2D eigenvalue weighted by atomic mass is 16.6. The van der Waals surface area contributed by atoms with Crippen molar-refractivity contribution >= 4 is 7.85 Å². The van der Waals surface area contributed by atoms with E-state index in [2.05, 4.69) is 0 Å². The van der Waals surface area contributed by atoms with Crippen molar-refractivity contribution in [1.29, 1.82) is 0 Å². The molecule has 2 radical (unpaired) electrons. The molecule has 1 rings (SSSR count). The first-order valence-corrected chi connectivity index (χ1v) is 4.03. The van der Waals surface area contributed by atoms with Crippen molar-refractivity contribution in [3.05, 3.63) is 0 Å². The van der Waals surface area contributed by atoms with Crippen LogP contribution in [0.15, 0.2) is 0 Å². The van der Waals surface area contributed by atoms with E-state index in [1.54, 1.807) is 0 Å². The van der Waals surface area contributed by atoms with E-state index < -0.39 is 18.2 Å². The number of hydrogen-bond donors (Lipinski definition) is 2. The molecule has 2 N–H and O–H groups in total. The highest BCUT2D eigenvalue weighted by Crippen LogP contribution is 2.16. The molecule has 0 saturated carbocycles. The molecule has 1 saturated heterocycles. The smallest absolute Gasteiger partial charge is 0.112 e. The molecule has 1 aliphatic rings. The summed E-state index contributed by atoms with van der Waals surface area (Å²) in [6.45, 7) is 0.617. The van der Waals surface area contributed by atoms with Gasteiger partial charge in [-0.1, -0.05) is 0 Å². The summed E-state index contributed by atoms with van der Waals surface area (Å²) in [5.41, 5.74) is 0. The Balaban J connectivity index is 2.25. The summed E-state index contributed by atoms with van der Waals surface area (Å²) >= 11 is 0. The van der Waals surface area contributed by atoms with Crippen molar-refractivity contribution < 1.29 is 19.7 Å². The zero-order valence-corrected chi connectivity index (χ0v) is 6.85. The molecular formula is C7H13BO4. The number of rotatable bonds is 4. The maximum Gasteiger partial charge on any atom is 0.112 e. The fourth-order valence-electron chi connectivity index (χ4n) is 1.20. The fraction of sp³-hybridized carbons (Fsp3) is 1.00. The van der Waals surface area contributed by atoms with E-state index in [4.69, 9.17) is 22.4 Å². The maximum absolute atomic E-state index is 9.31. The summed E-state index contributed by atoms with van der Waals surface area (Å²) in [7, 11) is 5.54. The molecule has 5 heteroatoms. The fourth-order valence-corrected chi connectivity index (χ4v) is 1.20. The average Bonchev–Trinajstić information content (AvgIpc) is 2.47. The van der Waals surface area contributed by atoms with Gasteiger partial charge in [-0.25, -0.2) is 0 Å². The largest absolute Gasteiger partial charge is 0.394 e. The molecular weight excluding hydrogens is 159 g/mol. The van der Waals surface area contributed by atoms with Crippen molar-refractivity contribution in [1.82, 2.24) is 0 Å². The van der Waals surface area contributed by atoms with Crippen LogP contribution >= 0.6 is 0 Å². The van der Waals surface area contributed by atoms with Gasteiger partial charge < -0.3 is 19.7 Å². The van der Waals surface area contributed by atoms with E-state index in [0.29, 0.717) is 13.0 Å². The minimum Gasteiger partial charge on any atom is -0.394 e. The maximum atomic E-state index is 9.31. The van der Waals surface area contributed by atoms with Crippen molar-refractivity contribution in [2.45, 2.75) is 24.6 Å². The molecule has 0 aromatic rings. The normalized spacial score (nSPS) is 32.2. The molecule has 0 spiro atoms. The van der Waals surface area contributed by atoms with Crippen LogP contribution in [0, 0.1) is 0 Å². The molecule has 0 bridgehead atoms. The van der Waals surface area contributed by atoms with Gasteiger partial charge in [-0.3, -0.25) is 0 Å². The number of aliphatic hydroxyl groups is 2. The topological polar surface area (TPSA) is 58.9 Å². The molecule has 68 valence electrons. The van der Waals surface area contributed by atoms with Gasteiger partial charge in [0.1, 0.15) is 14.0 Å². The van der Waals surface area contributed by atoms with Gasteiger partial charge >= 0.3 is 0 Å². The Kier molecular flexibility index (Phi) is 4.01. The van der Waals surface area contributed by atoms with Crippen LogP contribution in [-0.4, -0.2) is 56.1 Å². The Morgan fingerprint density at radius 1 is 1.67 bits per heavy atom. The third-order valence-corrected chi connectivity index (χ3v) is 1.83. The van der Waals surface area contributed by atoms with Gasteiger partial charge in [0.2, 0.25) is 0 Å². The van der Waals surface area contributed by atoms with Gasteiger partial charge in [0, 0.05) is 12.6 Å². The number of hydrogen-bond acceptors (Lipinski definition) is 4. The molecule has 0 aliphatic carbocycles. The zero-order chi connectivity index (χ0) is 8.97. The molecule has 1 fully saturated rings. The highest BCUT2D eigenvalue weighted by Gasteiger charge is 2.31. The lowest BCUT2D eigenvalue weighted by molar-refractivity contribution is -0.0505. The molecule has 0 aromatic carbocycles. The van der Waals surface area contributed by atoms with Crippen LogP contribution in [0.2, 0.25) is 0 Å². The quantitative estimate of drug-likeness (QED) is 0.514. The lowest BCUT2D eigenvalue weighted by Gasteiger charge is -2.21. The molecule has 1 heterocycles. The van der Waals surface area contributed by atoms with Crippen LogP contribution in [-0.2, 0) is 9.47 Å². The Hall–Kier alpha value is -0.0951. The average molecular weight is 172 g/mol. The van der Waals surface area contributed by atoms with E-state index in [1.807, 2.05) is 0 Å². The first-order chi connectivity index (χ1) is 5.75. The minimum absolute atomic E-state index is 0.0729. The van der Waals surface area contributed by atoms with Crippen LogP contribution in [0.25, 0.3) is 0 Å². The van der Waals surface area contributed by atoms with E-state index >= 15 is 0 Å². The lowest BCUT2D eigenvalue weighted by Crippen LogP contribution is -2.37. The third kappa shape index (κ3) is 2.45. The van der Waals surface area contributed by atoms with E-state index in [9.17, 15) is 5.11 Å². The second kappa shape index (κ2) is 4.82. The molecule has 0 amide bonds. The predicted octanol–water partition coefficient (Wildman–Crippen LogP) is -1.36. The molecule has 12 heavy (non-hydrogen) atoms. The second-order valence-electron chi connectivity index (χ2n) is 2.75. The summed E-state index contributed by atoms with van der Waals surface area (Å²) in [6.07, 6.45) is -0.392. The van der Waals surface area contributed by atoms with Crippen LogP contribution in [0.1, 0.15) is 6.42 Å². The van der Waals surface area contributed by atoms with Gasteiger partial charge in [-0.05, 0) is 6.42 Å². The number of ether oxygens (including phenoxy) is 2. The molecule has 1 aliphatic heterocycles. The Morgan fingerprint density at radius 3 is 2.92 bits per heavy atom. The zero-order valence-electron chi connectivity index (χ0n) is 6.85. The number of aliphatic hydroxyl groups excluding tert-OH is 2. The van der Waals surface area contributed by atoms with Gasteiger partial charge in [-0.15, -0.1) is 0 Å². The van der Waals surface area contributed by atoms with Crippen molar-refractivity contribution in [3.8, 4) is 0 Å². The highest BCUT2D eigenvalue weighted by molar-refractivity contribution is 6.11. The van der Waals surface area contributed by atoms with Crippen molar-refractivity contribution in [2.75, 3.05) is 19.8 Å². The third-order valence-electron chi connectivity index (χ3n) is 1.83. The Bertz CT molecular complexity index is 133. The van der Waals surface area contributed by atoms with Gasteiger partial charge in [-0.2, -0.15) is 0 Å². The predicted molar refractivity (Wildman–Crippen MR) is 42.9 cm³/mol. The summed E-state index contributed by atoms with van der Waals surface area (Å²) in [6, 6.07) is -0.644. The minimum atomic E-state index is -0.644. The first kappa shape index (κ1) is 9.99. The first-order valence-electron chi connectivity index (χ1n) is 4.03. The summed E-state index contributed by atoms with van der Waals surface area (Å²) in [5, 5.41) is 17.8. The summed E-state index contributed by atoms with van der Waals surface area (Å²) < 4.78 is 10.1. The van der Waals surface area contributed by atoms with E-state index in [0.717, 1.165) is 0 Å². The molecule has 0 unspecified atom stereocenters. The van der Waals surface area contributed by atoms with E-state index in [-0.39, 0.29) is 13.2 Å². The van der Waals surface area contributed by atoms with Gasteiger partial charge in [0.15, 0.2) is 0 Å². The monoisotopic (exact) mass is 172 g/mol. The van der Waals surface area contributed by atoms with Crippen LogP contribution in [0.5, 0.6) is 0 Å². The molecule has 3 atom stereocenters. The van der Waals surface area contributed by atoms with Crippen molar-refractivity contribution in [2.24, 2.45) is 0 Å². The molecule has 4 nitrogen and oxygen atoms in total. The lowest BCUT2D eigenvalue weighted by atomic mass is 9.91. The van der Waals surface area contributed by atoms with Crippen LogP contribution in [0.3, 0.4) is 0 Å². The SMILES string of the molecule is [B][C@H](OCCO)[C@@H]1OCC[C@H]1O. The summed E-state index contributed by atoms with van der Waals surface area (Å²) in [5.74, 6) is 0. The van der Waals surface area contributed by atoms with Gasteiger partial charge in [0.25, 0.3) is 0 Å². The van der Waals surface area contributed by atoms with Crippen LogP contribution < -0.4 is 0 Å². The van der Waals surface area contributed by atoms with Crippen LogP contribution in [0.4, 0.5) is 0 Å².